The van der Waals surface area contributed by atoms with E-state index in [0.29, 0.717) is 0 Å². The van der Waals surface area contributed by atoms with Crippen molar-refractivity contribution in [1.82, 2.24) is 10.3 Å². The van der Waals surface area contributed by atoms with E-state index in [1.54, 1.807) is 17.5 Å². The van der Waals surface area contributed by atoms with Gasteiger partial charge in [-0.25, -0.2) is 0 Å². The fourth-order valence-corrected chi connectivity index (χ4v) is 3.27. The van der Waals surface area contributed by atoms with E-state index in [0.717, 1.165) is 20.1 Å². The van der Waals surface area contributed by atoms with Crippen molar-refractivity contribution in [1.29, 1.82) is 0 Å². The molecule has 0 radical (unpaired) electrons. The van der Waals surface area contributed by atoms with E-state index >= 15 is 0 Å². The Kier molecular flexibility index (Phi) is 3.97. The van der Waals surface area contributed by atoms with Gasteiger partial charge in [0.2, 0.25) is 0 Å². The monoisotopic (exact) mass is 316 g/mol. The molecule has 0 saturated carbocycles. The van der Waals surface area contributed by atoms with Crippen molar-refractivity contribution < 1.29 is 0 Å². The van der Waals surface area contributed by atoms with E-state index < -0.39 is 0 Å². The van der Waals surface area contributed by atoms with Crippen LogP contribution in [0, 0.1) is 0 Å². The van der Waals surface area contributed by atoms with Gasteiger partial charge in [-0.1, -0.05) is 11.6 Å². The molecular formula is C11H10BrClN2S. The van der Waals surface area contributed by atoms with E-state index in [1.807, 2.05) is 30.6 Å². The van der Waals surface area contributed by atoms with Gasteiger partial charge in [-0.2, -0.15) is 0 Å². The Hall–Kier alpha value is -0.420. The normalized spacial score (nSPS) is 12.7. The molecule has 2 aromatic rings. The third-order valence-corrected chi connectivity index (χ3v) is 4.35. The first-order valence-electron chi connectivity index (χ1n) is 4.74. The fourth-order valence-electron chi connectivity index (χ4n) is 1.51. The molecule has 0 bridgehead atoms. The summed E-state index contributed by atoms with van der Waals surface area (Å²) < 4.78 is 0.985. The first-order valence-corrected chi connectivity index (χ1v) is 6.79. The summed E-state index contributed by atoms with van der Waals surface area (Å²) in [6.07, 6.45) is 1.78. The minimum absolute atomic E-state index is 0.0306. The summed E-state index contributed by atoms with van der Waals surface area (Å²) in [5.41, 5.74) is 0.953. The number of halogens is 2. The zero-order valence-electron chi connectivity index (χ0n) is 8.58. The van der Waals surface area contributed by atoms with Crippen LogP contribution in [0.4, 0.5) is 0 Å². The molecule has 16 heavy (non-hydrogen) atoms. The van der Waals surface area contributed by atoms with Crippen molar-refractivity contribution in [3.05, 3.63) is 49.8 Å². The van der Waals surface area contributed by atoms with Crippen molar-refractivity contribution in [2.24, 2.45) is 0 Å². The molecular weight excluding hydrogens is 308 g/mol. The molecule has 1 atom stereocenters. The number of hydrogen-bond donors (Lipinski definition) is 1. The van der Waals surface area contributed by atoms with Crippen molar-refractivity contribution in [3.8, 4) is 0 Å². The first-order chi connectivity index (χ1) is 7.74. The lowest BCUT2D eigenvalue weighted by molar-refractivity contribution is 0.679. The summed E-state index contributed by atoms with van der Waals surface area (Å²) in [4.78, 5) is 5.47. The molecule has 0 amide bonds. The van der Waals surface area contributed by atoms with E-state index in [4.69, 9.17) is 11.6 Å². The second-order valence-electron chi connectivity index (χ2n) is 3.22. The van der Waals surface area contributed by atoms with Crippen molar-refractivity contribution >= 4 is 38.9 Å². The van der Waals surface area contributed by atoms with Crippen molar-refractivity contribution in [3.63, 3.8) is 0 Å². The molecule has 2 nitrogen and oxygen atoms in total. The minimum atomic E-state index is 0.0306. The number of rotatable bonds is 3. The topological polar surface area (TPSA) is 24.9 Å². The van der Waals surface area contributed by atoms with Crippen LogP contribution in [-0.2, 0) is 0 Å². The lowest BCUT2D eigenvalue weighted by atomic mass is 10.1. The van der Waals surface area contributed by atoms with Gasteiger partial charge in [0.25, 0.3) is 0 Å². The number of aromatic nitrogens is 1. The second-order valence-corrected chi connectivity index (χ2v) is 5.43. The quantitative estimate of drug-likeness (QED) is 0.929. The lowest BCUT2D eigenvalue weighted by Gasteiger charge is -2.15. The summed E-state index contributed by atoms with van der Waals surface area (Å²) in [7, 11) is 1.90. The van der Waals surface area contributed by atoms with Gasteiger partial charge in [0.1, 0.15) is 0 Å². The van der Waals surface area contributed by atoms with Crippen LogP contribution >= 0.6 is 38.9 Å². The SMILES string of the molecule is CNC(c1ncccc1Br)c1sccc1Cl. The molecule has 2 heterocycles. The van der Waals surface area contributed by atoms with Crippen LogP contribution in [0.1, 0.15) is 16.6 Å². The average molecular weight is 318 g/mol. The molecule has 1 N–H and O–H groups in total. The molecule has 0 aliphatic heterocycles. The van der Waals surface area contributed by atoms with Gasteiger partial charge in [-0.15, -0.1) is 11.3 Å². The summed E-state index contributed by atoms with van der Waals surface area (Å²) in [5.74, 6) is 0. The fraction of sp³-hybridized carbons (Fsp3) is 0.182. The van der Waals surface area contributed by atoms with E-state index in [9.17, 15) is 0 Å². The molecule has 2 aromatic heterocycles. The molecule has 5 heteroatoms. The van der Waals surface area contributed by atoms with Crippen LogP contribution in [0.25, 0.3) is 0 Å². The van der Waals surface area contributed by atoms with E-state index in [1.165, 1.54) is 0 Å². The Balaban J connectivity index is 2.45. The predicted molar refractivity (Wildman–Crippen MR) is 72.2 cm³/mol. The third-order valence-electron chi connectivity index (χ3n) is 2.26. The summed E-state index contributed by atoms with van der Waals surface area (Å²) in [6.45, 7) is 0. The van der Waals surface area contributed by atoms with Crippen LogP contribution < -0.4 is 5.32 Å². The second kappa shape index (κ2) is 5.27. The maximum Gasteiger partial charge on any atom is 0.0869 e. The van der Waals surface area contributed by atoms with Gasteiger partial charge >= 0.3 is 0 Å². The number of thiophene rings is 1. The van der Waals surface area contributed by atoms with Gasteiger partial charge in [0.15, 0.2) is 0 Å². The Labute approximate surface area is 112 Å². The van der Waals surface area contributed by atoms with Gasteiger partial charge in [-0.3, -0.25) is 4.98 Å². The summed E-state index contributed by atoms with van der Waals surface area (Å²) in [5, 5.41) is 6.00. The van der Waals surface area contributed by atoms with Crippen LogP contribution in [-0.4, -0.2) is 12.0 Å². The van der Waals surface area contributed by atoms with Gasteiger partial charge < -0.3 is 5.32 Å². The molecule has 0 aliphatic carbocycles. The first kappa shape index (κ1) is 12.0. The molecule has 0 aromatic carbocycles. The van der Waals surface area contributed by atoms with Gasteiger partial charge in [0, 0.05) is 15.5 Å². The number of hydrogen-bond acceptors (Lipinski definition) is 3. The molecule has 0 aliphatic rings. The zero-order chi connectivity index (χ0) is 11.5. The number of nitrogens with zero attached hydrogens (tertiary/aromatic N) is 1. The summed E-state index contributed by atoms with van der Waals surface area (Å²) in [6, 6.07) is 5.82. The Morgan fingerprint density at radius 3 is 2.88 bits per heavy atom. The minimum Gasteiger partial charge on any atom is -0.307 e. The number of nitrogens with one attached hydrogen (secondary N) is 1. The molecule has 0 fully saturated rings. The highest BCUT2D eigenvalue weighted by Gasteiger charge is 2.19. The third kappa shape index (κ3) is 2.30. The zero-order valence-corrected chi connectivity index (χ0v) is 11.7. The smallest absolute Gasteiger partial charge is 0.0869 e. The van der Waals surface area contributed by atoms with E-state index in [-0.39, 0.29) is 6.04 Å². The maximum absolute atomic E-state index is 6.14. The summed E-state index contributed by atoms with van der Waals surface area (Å²) >= 11 is 11.3. The molecule has 84 valence electrons. The van der Waals surface area contributed by atoms with Crippen LogP contribution in [0.15, 0.2) is 34.2 Å². The molecule has 0 spiro atoms. The Morgan fingerprint density at radius 2 is 2.31 bits per heavy atom. The average Bonchev–Trinajstić information content (AvgIpc) is 2.69. The molecule has 1 unspecified atom stereocenters. The largest absolute Gasteiger partial charge is 0.307 e. The van der Waals surface area contributed by atoms with Gasteiger partial charge in [-0.05, 0) is 46.6 Å². The Bertz CT molecular complexity index is 486. The Morgan fingerprint density at radius 1 is 1.50 bits per heavy atom. The molecule has 2 rings (SSSR count). The highest BCUT2D eigenvalue weighted by molar-refractivity contribution is 9.10. The molecule has 0 saturated heterocycles. The standard InChI is InChI=1S/C11H10BrClN2S/c1-14-10(11-8(13)4-6-16-11)9-7(12)3-2-5-15-9/h2-6,10,14H,1H3. The highest BCUT2D eigenvalue weighted by atomic mass is 79.9. The number of pyridine rings is 1. The van der Waals surface area contributed by atoms with E-state index in [2.05, 4.69) is 26.2 Å². The van der Waals surface area contributed by atoms with Crippen LogP contribution in [0.3, 0.4) is 0 Å². The lowest BCUT2D eigenvalue weighted by Crippen LogP contribution is -2.18. The van der Waals surface area contributed by atoms with Crippen molar-refractivity contribution in [2.45, 2.75) is 6.04 Å². The van der Waals surface area contributed by atoms with Gasteiger partial charge in [0.05, 0.1) is 16.8 Å². The maximum atomic E-state index is 6.14. The highest BCUT2D eigenvalue weighted by Crippen LogP contribution is 2.34. The predicted octanol–water partition coefficient (Wildman–Crippen LogP) is 3.87. The van der Waals surface area contributed by atoms with Crippen molar-refractivity contribution in [2.75, 3.05) is 7.05 Å². The van der Waals surface area contributed by atoms with Crippen LogP contribution in [0.2, 0.25) is 5.02 Å². The van der Waals surface area contributed by atoms with Crippen LogP contribution in [0.5, 0.6) is 0 Å².